The quantitative estimate of drug-likeness (QED) is 0.709. The molecule has 0 aliphatic carbocycles. The van der Waals surface area contributed by atoms with Gasteiger partial charge in [-0.1, -0.05) is 29.8 Å². The van der Waals surface area contributed by atoms with Crippen molar-refractivity contribution in [1.29, 1.82) is 0 Å². The van der Waals surface area contributed by atoms with E-state index in [1.165, 1.54) is 11.9 Å². The maximum absolute atomic E-state index is 12.8. The van der Waals surface area contributed by atoms with Crippen LogP contribution in [0.1, 0.15) is 17.5 Å². The molecular weight excluding hydrogens is 396 g/mol. The summed E-state index contributed by atoms with van der Waals surface area (Å²) in [4.78, 5) is 23.3. The van der Waals surface area contributed by atoms with Crippen LogP contribution in [0, 0.1) is 6.92 Å². The molecule has 2 aromatic heterocycles. The molecule has 3 aromatic rings. The predicted octanol–water partition coefficient (Wildman–Crippen LogP) is 2.65. The molecule has 26 heavy (non-hydrogen) atoms. The third-order valence-corrected chi connectivity index (χ3v) is 5.24. The Morgan fingerprint density at radius 1 is 1.27 bits per heavy atom. The van der Waals surface area contributed by atoms with Gasteiger partial charge in [-0.15, -0.1) is 0 Å². The molecule has 1 unspecified atom stereocenters. The van der Waals surface area contributed by atoms with E-state index >= 15 is 0 Å². The van der Waals surface area contributed by atoms with Crippen molar-refractivity contribution in [2.24, 2.45) is 7.05 Å². The van der Waals surface area contributed by atoms with Crippen LogP contribution >= 0.6 is 15.9 Å². The van der Waals surface area contributed by atoms with Gasteiger partial charge in [0.1, 0.15) is 22.8 Å². The summed E-state index contributed by atoms with van der Waals surface area (Å²) < 4.78 is 2.35. The molecule has 1 aromatic carbocycles. The lowest BCUT2D eigenvalue weighted by Crippen LogP contribution is -2.33. The number of hydrogen-bond donors (Lipinski definition) is 1. The molecule has 1 saturated heterocycles. The molecule has 7 nitrogen and oxygen atoms in total. The van der Waals surface area contributed by atoms with E-state index < -0.39 is 0 Å². The monoisotopic (exact) mass is 414 g/mol. The van der Waals surface area contributed by atoms with E-state index in [4.69, 9.17) is 0 Å². The van der Waals surface area contributed by atoms with Crippen LogP contribution in [0.3, 0.4) is 0 Å². The van der Waals surface area contributed by atoms with Gasteiger partial charge < -0.3 is 10.2 Å². The first kappa shape index (κ1) is 17.0. The number of aromatic nitrogens is 4. The number of likely N-dealkylation sites (tertiary alicyclic amines) is 1. The number of aryl methyl sites for hydroxylation is 2. The minimum Gasteiger partial charge on any atom is -0.358 e. The second-order valence-electron chi connectivity index (χ2n) is 6.57. The van der Waals surface area contributed by atoms with Crippen LogP contribution in [0.5, 0.6) is 0 Å². The Kier molecular flexibility index (Phi) is 4.36. The molecule has 0 radical (unpaired) electrons. The van der Waals surface area contributed by atoms with Crippen LogP contribution in [-0.2, 0) is 18.4 Å². The summed E-state index contributed by atoms with van der Waals surface area (Å²) >= 11 is 3.45. The molecule has 0 spiro atoms. The zero-order chi connectivity index (χ0) is 18.3. The first-order chi connectivity index (χ1) is 12.5. The van der Waals surface area contributed by atoms with Gasteiger partial charge >= 0.3 is 0 Å². The topological polar surface area (TPSA) is 75.9 Å². The zero-order valence-electron chi connectivity index (χ0n) is 14.6. The van der Waals surface area contributed by atoms with E-state index in [1.54, 1.807) is 4.68 Å². The Balaban J connectivity index is 1.52. The van der Waals surface area contributed by atoms with Gasteiger partial charge in [0.05, 0.1) is 5.39 Å². The molecule has 3 heterocycles. The summed E-state index contributed by atoms with van der Waals surface area (Å²) in [5.74, 6) is 0.725. The lowest BCUT2D eigenvalue weighted by molar-refractivity contribution is -0.128. The maximum Gasteiger partial charge on any atom is 0.245 e. The molecule has 8 heteroatoms. The Morgan fingerprint density at radius 3 is 2.81 bits per heavy atom. The SMILES string of the molecule is Cc1ccc(CN2CCC(Nc3ncnc4c3c(Br)nn4C)C2=O)cc1. The minimum absolute atomic E-state index is 0.0948. The maximum atomic E-state index is 12.8. The summed E-state index contributed by atoms with van der Waals surface area (Å²) in [5, 5.41) is 8.40. The molecule has 0 saturated carbocycles. The predicted molar refractivity (Wildman–Crippen MR) is 103 cm³/mol. The number of carbonyl (C=O) groups excluding carboxylic acids is 1. The summed E-state index contributed by atoms with van der Waals surface area (Å²) in [6.07, 6.45) is 2.23. The van der Waals surface area contributed by atoms with Gasteiger partial charge in [0, 0.05) is 20.1 Å². The molecule has 0 bridgehead atoms. The molecule has 4 rings (SSSR count). The number of carbonyl (C=O) groups is 1. The lowest BCUT2D eigenvalue weighted by atomic mass is 10.1. The zero-order valence-corrected chi connectivity index (χ0v) is 16.2. The van der Waals surface area contributed by atoms with Crippen LogP contribution in [-0.4, -0.2) is 43.1 Å². The van der Waals surface area contributed by atoms with Crippen LogP contribution in [0.4, 0.5) is 5.82 Å². The van der Waals surface area contributed by atoms with Crippen molar-refractivity contribution >= 4 is 38.7 Å². The van der Waals surface area contributed by atoms with Gasteiger partial charge in [0.2, 0.25) is 5.91 Å². The number of hydrogen-bond acceptors (Lipinski definition) is 5. The van der Waals surface area contributed by atoms with Gasteiger partial charge in [-0.05, 0) is 34.8 Å². The van der Waals surface area contributed by atoms with E-state index in [0.29, 0.717) is 17.0 Å². The van der Waals surface area contributed by atoms with E-state index in [9.17, 15) is 4.79 Å². The van der Waals surface area contributed by atoms with Crippen molar-refractivity contribution in [3.8, 4) is 0 Å². The third kappa shape index (κ3) is 3.05. The summed E-state index contributed by atoms with van der Waals surface area (Å²) in [5.41, 5.74) is 3.08. The van der Waals surface area contributed by atoms with Crippen molar-refractivity contribution in [3.63, 3.8) is 0 Å². The van der Waals surface area contributed by atoms with E-state index in [1.807, 2.05) is 11.9 Å². The Bertz CT molecular complexity index is 968. The number of halogens is 1. The van der Waals surface area contributed by atoms with Crippen LogP contribution in [0.2, 0.25) is 0 Å². The second kappa shape index (κ2) is 6.68. The Hall–Kier alpha value is -2.48. The first-order valence-corrected chi connectivity index (χ1v) is 9.26. The fourth-order valence-electron chi connectivity index (χ4n) is 3.26. The highest BCUT2D eigenvalue weighted by molar-refractivity contribution is 9.10. The Morgan fingerprint density at radius 2 is 2.04 bits per heavy atom. The number of amides is 1. The molecule has 1 aliphatic rings. The normalized spacial score (nSPS) is 17.3. The summed E-state index contributed by atoms with van der Waals surface area (Å²) in [6.45, 7) is 3.42. The highest BCUT2D eigenvalue weighted by atomic mass is 79.9. The van der Waals surface area contributed by atoms with E-state index in [-0.39, 0.29) is 11.9 Å². The van der Waals surface area contributed by atoms with Gasteiger partial charge in [-0.25, -0.2) is 14.6 Å². The number of nitrogens with zero attached hydrogens (tertiary/aromatic N) is 5. The number of rotatable bonds is 4. The molecule has 1 amide bonds. The number of benzene rings is 1. The molecule has 134 valence electrons. The number of anilines is 1. The number of nitrogens with one attached hydrogen (secondary N) is 1. The highest BCUT2D eigenvalue weighted by Gasteiger charge is 2.32. The van der Waals surface area contributed by atoms with Crippen molar-refractivity contribution in [1.82, 2.24) is 24.6 Å². The first-order valence-electron chi connectivity index (χ1n) is 8.47. The average Bonchev–Trinajstić information content (AvgIpc) is 3.11. The molecule has 1 N–H and O–H groups in total. The minimum atomic E-state index is -0.286. The van der Waals surface area contributed by atoms with Crippen molar-refractivity contribution in [2.45, 2.75) is 25.9 Å². The van der Waals surface area contributed by atoms with E-state index in [0.717, 1.165) is 29.6 Å². The fourth-order valence-corrected chi connectivity index (χ4v) is 3.86. The van der Waals surface area contributed by atoms with Gasteiger partial charge in [0.25, 0.3) is 0 Å². The average molecular weight is 415 g/mol. The fraction of sp³-hybridized carbons (Fsp3) is 0.333. The standard InChI is InChI=1S/C18H19BrN6O/c1-11-3-5-12(6-4-11)9-25-8-7-13(18(25)26)22-16-14-15(19)23-24(2)17(14)21-10-20-16/h3-6,10,13H,7-9H2,1-2H3,(H,20,21,22). The second-order valence-corrected chi connectivity index (χ2v) is 7.32. The van der Waals surface area contributed by atoms with Gasteiger partial charge in [0.15, 0.2) is 5.65 Å². The molecule has 1 fully saturated rings. The Labute approximate surface area is 159 Å². The number of fused-ring (bicyclic) bond motifs is 1. The molecule has 1 aliphatic heterocycles. The van der Waals surface area contributed by atoms with Gasteiger partial charge in [-0.2, -0.15) is 5.10 Å². The van der Waals surface area contributed by atoms with Crippen LogP contribution < -0.4 is 5.32 Å². The third-order valence-electron chi connectivity index (χ3n) is 4.68. The van der Waals surface area contributed by atoms with Gasteiger partial charge in [-0.3, -0.25) is 4.79 Å². The van der Waals surface area contributed by atoms with E-state index in [2.05, 4.69) is 67.5 Å². The molecule has 1 atom stereocenters. The summed E-state index contributed by atoms with van der Waals surface area (Å²) in [7, 11) is 1.83. The summed E-state index contributed by atoms with van der Waals surface area (Å²) in [6, 6.07) is 8.01. The lowest BCUT2D eigenvalue weighted by Gasteiger charge is -2.17. The van der Waals surface area contributed by atoms with Crippen LogP contribution in [0.25, 0.3) is 11.0 Å². The van der Waals surface area contributed by atoms with Crippen molar-refractivity contribution in [2.75, 3.05) is 11.9 Å². The van der Waals surface area contributed by atoms with Crippen molar-refractivity contribution < 1.29 is 4.79 Å². The van der Waals surface area contributed by atoms with Crippen molar-refractivity contribution in [3.05, 3.63) is 46.3 Å². The smallest absolute Gasteiger partial charge is 0.245 e. The highest BCUT2D eigenvalue weighted by Crippen LogP contribution is 2.28. The molecular formula is C18H19BrN6O. The van der Waals surface area contributed by atoms with Crippen LogP contribution in [0.15, 0.2) is 35.2 Å². The largest absolute Gasteiger partial charge is 0.358 e.